The smallest absolute Gasteiger partial charge is 0.746 e. The third-order valence-electron chi connectivity index (χ3n) is 7.16. The van der Waals surface area contributed by atoms with Gasteiger partial charge in [-0.05, 0) is 60.3 Å². The first-order valence-corrected chi connectivity index (χ1v) is 11.9. The molecule has 5 rings (SSSR count). The summed E-state index contributed by atoms with van der Waals surface area (Å²) in [6.07, 6.45) is 4.41. The maximum Gasteiger partial charge on any atom is 1.00 e. The van der Waals surface area contributed by atoms with E-state index in [9.17, 15) is 9.46 Å². The van der Waals surface area contributed by atoms with Crippen LogP contribution in [0, 0.1) is 16.7 Å². The van der Waals surface area contributed by atoms with Crippen molar-refractivity contribution in [1.82, 2.24) is 0 Å². The fraction of sp³-hybridized carbons (Fsp3) is 0.417. The summed E-state index contributed by atoms with van der Waals surface area (Å²) >= 11 is 0. The van der Waals surface area contributed by atoms with Crippen molar-refractivity contribution in [3.8, 4) is 11.5 Å². The Morgan fingerprint density at radius 2 is 1.74 bits per heavy atom. The molecule has 2 saturated carbocycles. The van der Waals surface area contributed by atoms with E-state index in [1.165, 1.54) is 0 Å². The van der Waals surface area contributed by atoms with Crippen LogP contribution in [-0.4, -0.2) is 6.10 Å². The van der Waals surface area contributed by atoms with Gasteiger partial charge in [0.1, 0.15) is 17.3 Å². The van der Waals surface area contributed by atoms with Gasteiger partial charge >= 0.3 is 37.4 Å². The minimum absolute atomic E-state index is 0. The Bertz CT molecular complexity index is 1080. The molecule has 0 saturated heterocycles. The van der Waals surface area contributed by atoms with Crippen molar-refractivity contribution < 1.29 is 52.8 Å². The molecule has 4 atom stereocenters. The van der Waals surface area contributed by atoms with Gasteiger partial charge in [-0.15, -0.1) is 0 Å². The maximum atomic E-state index is 13.1. The van der Waals surface area contributed by atoms with Crippen LogP contribution in [0.5, 0.6) is 11.5 Å². The third-order valence-corrected chi connectivity index (χ3v) is 8.05. The number of rotatable bonds is 4. The molecule has 1 unspecified atom stereocenters. The molecule has 0 radical (unpaired) electrons. The summed E-state index contributed by atoms with van der Waals surface area (Å²) in [5, 5.41) is 0. The van der Waals surface area contributed by atoms with E-state index < -0.39 is 13.9 Å². The molecule has 158 valence electrons. The van der Waals surface area contributed by atoms with Gasteiger partial charge in [0.15, 0.2) is 0 Å². The summed E-state index contributed by atoms with van der Waals surface area (Å²) in [6, 6.07) is 14.7. The van der Waals surface area contributed by atoms with Crippen molar-refractivity contribution in [1.29, 1.82) is 0 Å². The largest absolute Gasteiger partial charge is 1.00 e. The number of ether oxygens (including phenoxy) is 1. The summed E-state index contributed by atoms with van der Waals surface area (Å²) < 4.78 is 30.5. The van der Waals surface area contributed by atoms with Gasteiger partial charge < -0.3 is 18.7 Å². The fourth-order valence-electron chi connectivity index (χ4n) is 5.66. The third kappa shape index (κ3) is 4.06. The van der Waals surface area contributed by atoms with Gasteiger partial charge in [0, 0.05) is 5.56 Å². The molecule has 5 nitrogen and oxygen atoms in total. The molecule has 2 fully saturated rings. The van der Waals surface area contributed by atoms with Crippen LogP contribution >= 0.6 is 7.82 Å². The molecule has 0 amide bonds. The van der Waals surface area contributed by atoms with Gasteiger partial charge in [-0.25, -0.2) is 0 Å². The average Bonchev–Trinajstić information content (AvgIpc) is 3.11. The monoisotopic (exact) mass is 448 g/mol. The normalized spacial score (nSPS) is 29.4. The topological polar surface area (TPSA) is 67.8 Å². The second-order valence-electron chi connectivity index (χ2n) is 9.58. The molecule has 31 heavy (non-hydrogen) atoms. The summed E-state index contributed by atoms with van der Waals surface area (Å²) in [6.45, 7) is 6.35. The zero-order chi connectivity index (χ0) is 21.1. The molecule has 0 aromatic heterocycles. The molecule has 2 aliphatic carbocycles. The standard InChI is InChI=1S/C24H27O5P.Na/c1-23(2)17-12-13-24(3,15-17)22(23)29-30(25,26)28-21-14-16-8-4-6-10-19(16)27-20-11-7-5-9-18(20)21;/h4-11,14,17,22H,12-13,15H2,1-3H3,(H,25,26);/q;+1/p-1/t17-,22-,24+;/m1./s1. The Balaban J connectivity index is 0.00000231. The number of hydrogen-bond donors (Lipinski definition) is 0. The van der Waals surface area contributed by atoms with Crippen molar-refractivity contribution in [2.75, 3.05) is 0 Å². The Morgan fingerprint density at radius 1 is 1.06 bits per heavy atom. The van der Waals surface area contributed by atoms with E-state index in [1.54, 1.807) is 18.2 Å². The SMILES string of the molecule is CC1(C)[C@@H]2CC[C@@](C)(C2)[C@@H]1OP(=O)([O-])OC1=Cc2ccccc2Oc2ccccc21.[Na+]. The van der Waals surface area contributed by atoms with Crippen molar-refractivity contribution in [3.05, 3.63) is 59.7 Å². The van der Waals surface area contributed by atoms with E-state index in [4.69, 9.17) is 13.8 Å². The van der Waals surface area contributed by atoms with Gasteiger partial charge in [-0.3, -0.25) is 4.57 Å². The van der Waals surface area contributed by atoms with E-state index in [0.717, 1.165) is 24.8 Å². The number of phosphoric ester groups is 1. The molecule has 7 heteroatoms. The van der Waals surface area contributed by atoms with Gasteiger partial charge in [-0.1, -0.05) is 51.1 Å². The molecule has 2 aromatic rings. The van der Waals surface area contributed by atoms with Crippen LogP contribution in [-0.2, 0) is 13.6 Å². The average molecular weight is 448 g/mol. The molecular weight excluding hydrogens is 422 g/mol. The first-order valence-electron chi connectivity index (χ1n) is 10.5. The number of para-hydroxylation sites is 2. The fourth-order valence-corrected chi connectivity index (χ4v) is 6.87. The summed E-state index contributed by atoms with van der Waals surface area (Å²) in [5.74, 6) is 1.87. The van der Waals surface area contributed by atoms with Crippen LogP contribution in [0.15, 0.2) is 48.5 Å². The van der Waals surface area contributed by atoms with Crippen LogP contribution in [0.1, 0.15) is 51.2 Å². The van der Waals surface area contributed by atoms with E-state index in [2.05, 4.69) is 20.8 Å². The molecule has 0 N–H and O–H groups in total. The molecular formula is C24H26NaO5P. The van der Waals surface area contributed by atoms with Crippen molar-refractivity contribution in [2.24, 2.45) is 16.7 Å². The molecule has 2 bridgehead atoms. The number of phosphoric acid groups is 1. The number of benzene rings is 2. The predicted octanol–water partition coefficient (Wildman–Crippen LogP) is 3.01. The molecule has 1 heterocycles. The van der Waals surface area contributed by atoms with Gasteiger partial charge in [-0.2, -0.15) is 0 Å². The minimum Gasteiger partial charge on any atom is -0.746 e. The van der Waals surface area contributed by atoms with Crippen molar-refractivity contribution >= 4 is 19.7 Å². The van der Waals surface area contributed by atoms with E-state index in [0.29, 0.717) is 23.0 Å². The quantitative estimate of drug-likeness (QED) is 0.532. The first kappa shape index (κ1) is 23.1. The molecule has 2 aromatic carbocycles. The van der Waals surface area contributed by atoms with E-state index >= 15 is 0 Å². The van der Waals surface area contributed by atoms with E-state index in [1.807, 2.05) is 36.4 Å². The van der Waals surface area contributed by atoms with E-state index in [-0.39, 0.29) is 46.1 Å². The summed E-state index contributed by atoms with van der Waals surface area (Å²) in [4.78, 5) is 13.1. The van der Waals surface area contributed by atoms with Gasteiger partial charge in [0.2, 0.25) is 0 Å². The predicted molar refractivity (Wildman–Crippen MR) is 114 cm³/mol. The zero-order valence-corrected chi connectivity index (χ0v) is 21.4. The Kier molecular flexibility index (Phi) is 6.00. The van der Waals surface area contributed by atoms with Crippen LogP contribution in [0.3, 0.4) is 0 Å². The van der Waals surface area contributed by atoms with Crippen LogP contribution < -0.4 is 39.2 Å². The van der Waals surface area contributed by atoms with Crippen LogP contribution in [0.25, 0.3) is 11.8 Å². The van der Waals surface area contributed by atoms with Crippen LogP contribution in [0.4, 0.5) is 0 Å². The summed E-state index contributed by atoms with van der Waals surface area (Å²) in [7, 11) is -4.62. The number of hydrogen-bond acceptors (Lipinski definition) is 5. The first-order chi connectivity index (χ1) is 14.2. The molecule has 1 aliphatic heterocycles. The second-order valence-corrected chi connectivity index (χ2v) is 10.9. The molecule has 3 aliphatic rings. The van der Waals surface area contributed by atoms with Gasteiger partial charge in [0.25, 0.3) is 0 Å². The molecule has 0 spiro atoms. The van der Waals surface area contributed by atoms with Crippen LogP contribution in [0.2, 0.25) is 0 Å². The Morgan fingerprint density at radius 3 is 2.45 bits per heavy atom. The van der Waals surface area contributed by atoms with Crippen molar-refractivity contribution in [3.63, 3.8) is 0 Å². The van der Waals surface area contributed by atoms with Crippen molar-refractivity contribution in [2.45, 2.75) is 46.1 Å². The zero-order valence-electron chi connectivity index (χ0n) is 18.5. The maximum absolute atomic E-state index is 13.1. The Labute approximate surface area is 205 Å². The summed E-state index contributed by atoms with van der Waals surface area (Å²) in [5.41, 5.74) is 0.980. The Hall–Kier alpha value is -1.07. The second kappa shape index (κ2) is 8.06. The van der Waals surface area contributed by atoms with Gasteiger partial charge in [0.05, 0.1) is 11.7 Å². The number of fused-ring (bicyclic) bond motifs is 4. The minimum atomic E-state index is -4.62.